The first kappa shape index (κ1) is 13.4. The first-order valence-corrected chi connectivity index (χ1v) is 5.88. The minimum atomic E-state index is -0.397. The fraction of sp³-hybridized carbons (Fsp3) is 0.462. The molecule has 0 aromatic heterocycles. The Bertz CT molecular complexity index is 377. The van der Waals surface area contributed by atoms with E-state index < -0.39 is 5.97 Å². The number of carbonyl (C=O) groups is 1. The number of nitrogen functional groups attached to an aromatic ring is 1. The minimum absolute atomic E-state index is 0.335. The maximum Gasteiger partial charge on any atom is 0.341 e. The van der Waals surface area contributed by atoms with Crippen LogP contribution in [0.1, 0.15) is 37.0 Å². The Balaban J connectivity index is 2.83. The number of hydrogen-bond acceptors (Lipinski definition) is 4. The van der Waals surface area contributed by atoms with Crippen LogP contribution in [0.4, 0.5) is 5.69 Å². The number of rotatable bonds is 6. The number of esters is 1. The molecule has 0 atom stereocenters. The summed E-state index contributed by atoms with van der Waals surface area (Å²) in [5.41, 5.74) is 6.57. The van der Waals surface area contributed by atoms with Crippen LogP contribution < -0.4 is 10.5 Å². The third kappa shape index (κ3) is 3.98. The van der Waals surface area contributed by atoms with E-state index in [0.29, 0.717) is 30.2 Å². The van der Waals surface area contributed by atoms with E-state index in [0.717, 1.165) is 12.8 Å². The quantitative estimate of drug-likeness (QED) is 0.469. The molecule has 0 unspecified atom stereocenters. The van der Waals surface area contributed by atoms with Gasteiger partial charge in [-0.2, -0.15) is 0 Å². The van der Waals surface area contributed by atoms with Crippen LogP contribution in [0.25, 0.3) is 0 Å². The lowest BCUT2D eigenvalue weighted by molar-refractivity contribution is 0.0521. The molecule has 0 aliphatic carbocycles. The molecule has 0 aliphatic heterocycles. The van der Waals surface area contributed by atoms with Crippen LogP contribution in [0.5, 0.6) is 5.75 Å². The Morgan fingerprint density at radius 1 is 1.35 bits per heavy atom. The van der Waals surface area contributed by atoms with Gasteiger partial charge in [0.1, 0.15) is 11.3 Å². The van der Waals surface area contributed by atoms with Crippen molar-refractivity contribution >= 4 is 11.7 Å². The molecule has 2 N–H and O–H groups in total. The standard InChI is InChI=1S/C13H19NO3/c1-3-5-8-17-12-7-6-10(14)9-11(12)13(15)16-4-2/h6-7,9H,3-5,8,14H2,1-2H3. The van der Waals surface area contributed by atoms with Crippen LogP contribution in [-0.4, -0.2) is 19.2 Å². The number of nitrogens with two attached hydrogens (primary N) is 1. The number of ether oxygens (including phenoxy) is 2. The number of hydrogen-bond donors (Lipinski definition) is 1. The van der Waals surface area contributed by atoms with Crippen molar-refractivity contribution in [3.05, 3.63) is 23.8 Å². The molecule has 0 saturated heterocycles. The molecule has 17 heavy (non-hydrogen) atoms. The van der Waals surface area contributed by atoms with Gasteiger partial charge in [-0.15, -0.1) is 0 Å². The number of benzene rings is 1. The molecular weight excluding hydrogens is 218 g/mol. The molecule has 0 spiro atoms. The Morgan fingerprint density at radius 3 is 2.76 bits per heavy atom. The van der Waals surface area contributed by atoms with Crippen LogP contribution in [0, 0.1) is 0 Å². The summed E-state index contributed by atoms with van der Waals surface area (Å²) in [7, 11) is 0. The highest BCUT2D eigenvalue weighted by molar-refractivity contribution is 5.93. The summed E-state index contributed by atoms with van der Waals surface area (Å²) in [4.78, 5) is 11.7. The molecule has 1 rings (SSSR count). The van der Waals surface area contributed by atoms with Crippen molar-refractivity contribution in [1.82, 2.24) is 0 Å². The van der Waals surface area contributed by atoms with Gasteiger partial charge in [0, 0.05) is 5.69 Å². The minimum Gasteiger partial charge on any atom is -0.493 e. The van der Waals surface area contributed by atoms with Crippen LogP contribution >= 0.6 is 0 Å². The average Bonchev–Trinajstić information content (AvgIpc) is 2.31. The highest BCUT2D eigenvalue weighted by Gasteiger charge is 2.14. The van der Waals surface area contributed by atoms with Gasteiger partial charge in [-0.3, -0.25) is 0 Å². The van der Waals surface area contributed by atoms with Crippen LogP contribution in [0.15, 0.2) is 18.2 Å². The van der Waals surface area contributed by atoms with Gasteiger partial charge < -0.3 is 15.2 Å². The molecule has 0 bridgehead atoms. The molecule has 1 aromatic rings. The number of carbonyl (C=O) groups excluding carboxylic acids is 1. The van der Waals surface area contributed by atoms with Gasteiger partial charge in [-0.1, -0.05) is 13.3 Å². The molecule has 0 saturated carbocycles. The zero-order chi connectivity index (χ0) is 12.7. The largest absolute Gasteiger partial charge is 0.493 e. The summed E-state index contributed by atoms with van der Waals surface area (Å²) in [6.07, 6.45) is 2.00. The first-order valence-electron chi connectivity index (χ1n) is 5.88. The van der Waals surface area contributed by atoms with Crippen molar-refractivity contribution in [1.29, 1.82) is 0 Å². The van der Waals surface area contributed by atoms with Crippen molar-refractivity contribution < 1.29 is 14.3 Å². The summed E-state index contributed by atoms with van der Waals surface area (Å²) >= 11 is 0. The molecule has 0 amide bonds. The van der Waals surface area contributed by atoms with Crippen LogP contribution in [0.3, 0.4) is 0 Å². The maximum atomic E-state index is 11.7. The van der Waals surface area contributed by atoms with Crippen LogP contribution in [0.2, 0.25) is 0 Å². The first-order chi connectivity index (χ1) is 8.19. The predicted octanol–water partition coefficient (Wildman–Crippen LogP) is 2.62. The lowest BCUT2D eigenvalue weighted by Gasteiger charge is -2.11. The third-order valence-corrected chi connectivity index (χ3v) is 2.25. The van der Waals surface area contributed by atoms with E-state index in [1.807, 2.05) is 0 Å². The lowest BCUT2D eigenvalue weighted by Crippen LogP contribution is -2.09. The second kappa shape index (κ2) is 6.78. The normalized spacial score (nSPS) is 10.0. The number of unbranched alkanes of at least 4 members (excludes halogenated alkanes) is 1. The van der Waals surface area contributed by atoms with Crippen LogP contribution in [-0.2, 0) is 4.74 Å². The predicted molar refractivity (Wildman–Crippen MR) is 67.2 cm³/mol. The molecule has 0 fully saturated rings. The van der Waals surface area contributed by atoms with Gasteiger partial charge in [0.25, 0.3) is 0 Å². The second-order valence-electron chi connectivity index (χ2n) is 3.68. The van der Waals surface area contributed by atoms with Gasteiger partial charge in [-0.25, -0.2) is 4.79 Å². The second-order valence-corrected chi connectivity index (χ2v) is 3.68. The number of anilines is 1. The SMILES string of the molecule is CCCCOc1ccc(N)cc1C(=O)OCC. The Kier molecular flexibility index (Phi) is 5.33. The maximum absolute atomic E-state index is 11.7. The molecule has 1 aromatic carbocycles. The summed E-state index contributed by atoms with van der Waals surface area (Å²) in [5, 5.41) is 0. The summed E-state index contributed by atoms with van der Waals surface area (Å²) in [5.74, 6) is 0.136. The van der Waals surface area contributed by atoms with E-state index in [1.165, 1.54) is 0 Å². The summed E-state index contributed by atoms with van der Waals surface area (Å²) in [6, 6.07) is 5.00. The highest BCUT2D eigenvalue weighted by Crippen LogP contribution is 2.22. The summed E-state index contributed by atoms with van der Waals surface area (Å²) in [6.45, 7) is 4.77. The van der Waals surface area contributed by atoms with Crippen molar-refractivity contribution in [2.24, 2.45) is 0 Å². The van der Waals surface area contributed by atoms with Gasteiger partial charge in [-0.05, 0) is 31.5 Å². The molecule has 4 nitrogen and oxygen atoms in total. The molecular formula is C13H19NO3. The van der Waals surface area contributed by atoms with Crippen molar-refractivity contribution in [3.63, 3.8) is 0 Å². The van der Waals surface area contributed by atoms with E-state index in [4.69, 9.17) is 15.2 Å². The lowest BCUT2D eigenvalue weighted by atomic mass is 10.2. The van der Waals surface area contributed by atoms with E-state index in [1.54, 1.807) is 25.1 Å². The third-order valence-electron chi connectivity index (χ3n) is 2.25. The topological polar surface area (TPSA) is 61.5 Å². The van der Waals surface area contributed by atoms with E-state index in [9.17, 15) is 4.79 Å². The van der Waals surface area contributed by atoms with E-state index >= 15 is 0 Å². The van der Waals surface area contributed by atoms with Crippen molar-refractivity contribution in [3.8, 4) is 5.75 Å². The Labute approximate surface area is 102 Å². The zero-order valence-electron chi connectivity index (χ0n) is 10.4. The van der Waals surface area contributed by atoms with Gasteiger partial charge >= 0.3 is 5.97 Å². The summed E-state index contributed by atoms with van der Waals surface area (Å²) < 4.78 is 10.5. The smallest absolute Gasteiger partial charge is 0.341 e. The van der Waals surface area contributed by atoms with Gasteiger partial charge in [0.2, 0.25) is 0 Å². The molecule has 0 radical (unpaired) electrons. The molecule has 4 heteroatoms. The fourth-order valence-electron chi connectivity index (χ4n) is 1.37. The fourth-order valence-corrected chi connectivity index (χ4v) is 1.37. The monoisotopic (exact) mass is 237 g/mol. The Morgan fingerprint density at radius 2 is 2.12 bits per heavy atom. The highest BCUT2D eigenvalue weighted by atomic mass is 16.5. The van der Waals surface area contributed by atoms with Gasteiger partial charge in [0.05, 0.1) is 13.2 Å². The molecule has 94 valence electrons. The van der Waals surface area contributed by atoms with E-state index in [-0.39, 0.29) is 0 Å². The van der Waals surface area contributed by atoms with Crippen molar-refractivity contribution in [2.75, 3.05) is 18.9 Å². The van der Waals surface area contributed by atoms with Gasteiger partial charge in [0.15, 0.2) is 0 Å². The molecule has 0 heterocycles. The van der Waals surface area contributed by atoms with E-state index in [2.05, 4.69) is 6.92 Å². The average molecular weight is 237 g/mol. The molecule has 0 aliphatic rings. The van der Waals surface area contributed by atoms with Crippen molar-refractivity contribution in [2.45, 2.75) is 26.7 Å². The Hall–Kier alpha value is -1.71. The zero-order valence-corrected chi connectivity index (χ0v) is 10.4.